The highest BCUT2D eigenvalue weighted by Crippen LogP contribution is 2.23. The van der Waals surface area contributed by atoms with E-state index in [9.17, 15) is 9.59 Å². The predicted molar refractivity (Wildman–Crippen MR) is 92.7 cm³/mol. The molecule has 0 unspecified atom stereocenters. The van der Waals surface area contributed by atoms with Crippen molar-refractivity contribution in [3.8, 4) is 5.69 Å². The van der Waals surface area contributed by atoms with Crippen LogP contribution in [0, 0.1) is 5.92 Å². The Morgan fingerprint density at radius 2 is 1.81 bits per heavy atom. The van der Waals surface area contributed by atoms with Crippen LogP contribution in [0.2, 0.25) is 0 Å². The molecule has 1 atom stereocenters. The Morgan fingerprint density at radius 1 is 1.08 bits per heavy atom. The molecule has 0 N–H and O–H groups in total. The number of pyridine rings is 1. The van der Waals surface area contributed by atoms with Gasteiger partial charge in [0.25, 0.3) is 5.91 Å². The third-order valence-corrected chi connectivity index (χ3v) is 4.10. The normalized spacial score (nSPS) is 16.7. The van der Waals surface area contributed by atoms with Gasteiger partial charge in [-0.1, -0.05) is 23.4 Å². The van der Waals surface area contributed by atoms with E-state index >= 15 is 0 Å². The summed E-state index contributed by atoms with van der Waals surface area (Å²) < 4.78 is 1.50. The maximum atomic E-state index is 13.0. The second kappa shape index (κ2) is 6.32. The SMILES string of the molecule is CN1N=C(c2ccncc2)[C@@H](C(=O)c2cn(-c3ccccc3)nn2)C1=O. The van der Waals surface area contributed by atoms with Crippen molar-refractivity contribution in [1.29, 1.82) is 0 Å². The summed E-state index contributed by atoms with van der Waals surface area (Å²) in [5.41, 5.74) is 1.95. The summed E-state index contributed by atoms with van der Waals surface area (Å²) in [6, 6.07) is 12.7. The molecule has 26 heavy (non-hydrogen) atoms. The van der Waals surface area contributed by atoms with Crippen LogP contribution in [0.15, 0.2) is 66.2 Å². The van der Waals surface area contributed by atoms with Gasteiger partial charge in [-0.3, -0.25) is 14.6 Å². The number of ketones is 1. The molecule has 1 amide bonds. The number of carbonyl (C=O) groups excluding carboxylic acids is 2. The molecule has 0 saturated carbocycles. The van der Waals surface area contributed by atoms with Crippen molar-refractivity contribution in [2.45, 2.75) is 0 Å². The number of rotatable bonds is 4. The van der Waals surface area contributed by atoms with Crippen LogP contribution in [0.25, 0.3) is 5.69 Å². The van der Waals surface area contributed by atoms with Crippen LogP contribution < -0.4 is 0 Å². The molecule has 8 nitrogen and oxygen atoms in total. The molecule has 8 heteroatoms. The zero-order valence-corrected chi connectivity index (χ0v) is 13.9. The van der Waals surface area contributed by atoms with E-state index < -0.39 is 17.6 Å². The van der Waals surface area contributed by atoms with Gasteiger partial charge in [-0.05, 0) is 24.3 Å². The molecular weight excluding hydrogens is 332 g/mol. The molecule has 0 fully saturated rings. The number of amides is 1. The fourth-order valence-electron chi connectivity index (χ4n) is 2.79. The van der Waals surface area contributed by atoms with Gasteiger partial charge in [0.15, 0.2) is 0 Å². The zero-order chi connectivity index (χ0) is 18.1. The molecule has 3 heterocycles. The fourth-order valence-corrected chi connectivity index (χ4v) is 2.79. The van der Waals surface area contributed by atoms with E-state index in [0.717, 1.165) is 5.69 Å². The quantitative estimate of drug-likeness (QED) is 0.525. The lowest BCUT2D eigenvalue weighted by molar-refractivity contribution is -0.129. The average Bonchev–Trinajstić information content (AvgIpc) is 3.29. The van der Waals surface area contributed by atoms with E-state index in [-0.39, 0.29) is 5.69 Å². The molecule has 1 aliphatic heterocycles. The van der Waals surface area contributed by atoms with Gasteiger partial charge >= 0.3 is 0 Å². The third kappa shape index (κ3) is 2.67. The Bertz CT molecular complexity index is 997. The molecule has 1 aromatic carbocycles. The highest BCUT2D eigenvalue weighted by molar-refractivity contribution is 6.30. The van der Waals surface area contributed by atoms with Crippen LogP contribution in [0.4, 0.5) is 0 Å². The number of hydrogen-bond acceptors (Lipinski definition) is 6. The number of Topliss-reactive ketones (excluding diaryl/α,β-unsaturated/α-hetero) is 1. The number of hydrazone groups is 1. The van der Waals surface area contributed by atoms with Crippen LogP contribution in [0.3, 0.4) is 0 Å². The fraction of sp³-hybridized carbons (Fsp3) is 0.111. The third-order valence-electron chi connectivity index (χ3n) is 4.10. The maximum absolute atomic E-state index is 13.0. The van der Waals surface area contributed by atoms with Crippen molar-refractivity contribution < 1.29 is 9.59 Å². The molecule has 0 radical (unpaired) electrons. The Morgan fingerprint density at radius 3 is 2.54 bits per heavy atom. The van der Waals surface area contributed by atoms with E-state index in [1.54, 1.807) is 24.5 Å². The van der Waals surface area contributed by atoms with E-state index in [2.05, 4.69) is 20.4 Å². The standard InChI is InChI=1S/C18H14N6O2/c1-23-18(26)15(16(21-23)12-7-9-19-10-8-12)17(25)14-11-24(22-20-14)13-5-3-2-4-6-13/h2-11,15H,1H3/t15-/m0/s1. The largest absolute Gasteiger partial charge is 0.291 e. The predicted octanol–water partition coefficient (Wildman–Crippen LogP) is 1.34. The van der Waals surface area contributed by atoms with Gasteiger partial charge < -0.3 is 0 Å². The average molecular weight is 346 g/mol. The Labute approximate surface area is 148 Å². The van der Waals surface area contributed by atoms with Gasteiger partial charge in [-0.25, -0.2) is 9.69 Å². The number of aromatic nitrogens is 4. The molecule has 0 saturated heterocycles. The van der Waals surface area contributed by atoms with Crippen LogP contribution in [0.1, 0.15) is 16.1 Å². The van der Waals surface area contributed by atoms with Crippen LogP contribution in [-0.2, 0) is 4.79 Å². The number of para-hydroxylation sites is 1. The van der Waals surface area contributed by atoms with E-state index in [4.69, 9.17) is 0 Å². The summed E-state index contributed by atoms with van der Waals surface area (Å²) >= 11 is 0. The number of nitrogens with zero attached hydrogens (tertiary/aromatic N) is 6. The summed E-state index contributed by atoms with van der Waals surface area (Å²) in [5.74, 6) is -1.86. The monoisotopic (exact) mass is 346 g/mol. The Hall–Kier alpha value is -3.68. The van der Waals surface area contributed by atoms with Crippen molar-refractivity contribution in [1.82, 2.24) is 25.0 Å². The maximum Gasteiger partial charge on any atom is 0.259 e. The van der Waals surface area contributed by atoms with Crippen molar-refractivity contribution in [2.24, 2.45) is 11.0 Å². The van der Waals surface area contributed by atoms with Crippen molar-refractivity contribution in [2.75, 3.05) is 7.05 Å². The minimum Gasteiger partial charge on any atom is -0.291 e. The van der Waals surface area contributed by atoms with Gasteiger partial charge in [-0.15, -0.1) is 5.10 Å². The zero-order valence-electron chi connectivity index (χ0n) is 13.9. The number of benzene rings is 1. The first-order valence-electron chi connectivity index (χ1n) is 7.93. The summed E-state index contributed by atoms with van der Waals surface area (Å²) in [6.07, 6.45) is 4.70. The van der Waals surface area contributed by atoms with E-state index in [1.165, 1.54) is 22.9 Å². The summed E-state index contributed by atoms with van der Waals surface area (Å²) in [6.45, 7) is 0. The lowest BCUT2D eigenvalue weighted by Crippen LogP contribution is -2.32. The van der Waals surface area contributed by atoms with Crippen LogP contribution >= 0.6 is 0 Å². The van der Waals surface area contributed by atoms with Gasteiger partial charge in [0.1, 0.15) is 11.6 Å². The minimum absolute atomic E-state index is 0.115. The Kier molecular flexibility index (Phi) is 3.85. The molecular formula is C18H14N6O2. The van der Waals surface area contributed by atoms with Crippen molar-refractivity contribution in [3.63, 3.8) is 0 Å². The van der Waals surface area contributed by atoms with Crippen LogP contribution in [0.5, 0.6) is 0 Å². The second-order valence-electron chi connectivity index (χ2n) is 5.76. The molecule has 0 aliphatic carbocycles. The first-order chi connectivity index (χ1) is 12.6. The number of hydrogen-bond donors (Lipinski definition) is 0. The Balaban J connectivity index is 1.68. The topological polar surface area (TPSA) is 93.3 Å². The van der Waals surface area contributed by atoms with Gasteiger partial charge in [0.2, 0.25) is 5.78 Å². The molecule has 2 aromatic heterocycles. The molecule has 128 valence electrons. The highest BCUT2D eigenvalue weighted by atomic mass is 16.2. The van der Waals surface area contributed by atoms with Crippen molar-refractivity contribution >= 4 is 17.4 Å². The molecule has 0 spiro atoms. The van der Waals surface area contributed by atoms with E-state index in [1.807, 2.05) is 30.3 Å². The minimum atomic E-state index is -1.04. The molecule has 1 aliphatic rings. The summed E-state index contributed by atoms with van der Waals surface area (Å²) in [5, 5.41) is 13.4. The smallest absolute Gasteiger partial charge is 0.259 e. The molecule has 0 bridgehead atoms. The summed E-state index contributed by atoms with van der Waals surface area (Å²) in [7, 11) is 1.53. The lowest BCUT2D eigenvalue weighted by atomic mass is 9.92. The van der Waals surface area contributed by atoms with Gasteiger partial charge in [0.05, 0.1) is 17.6 Å². The van der Waals surface area contributed by atoms with Crippen molar-refractivity contribution in [3.05, 3.63) is 72.3 Å². The lowest BCUT2D eigenvalue weighted by Gasteiger charge is -2.08. The van der Waals surface area contributed by atoms with Gasteiger partial charge in [0, 0.05) is 25.0 Å². The van der Waals surface area contributed by atoms with E-state index in [0.29, 0.717) is 11.3 Å². The van der Waals surface area contributed by atoms with Crippen LogP contribution in [-0.4, -0.2) is 49.4 Å². The van der Waals surface area contributed by atoms with Gasteiger partial charge in [-0.2, -0.15) is 5.10 Å². The highest BCUT2D eigenvalue weighted by Gasteiger charge is 2.41. The first kappa shape index (κ1) is 15.8. The first-order valence-corrected chi connectivity index (χ1v) is 7.93. The number of carbonyl (C=O) groups is 2. The molecule has 3 aromatic rings. The molecule has 4 rings (SSSR count). The summed E-state index contributed by atoms with van der Waals surface area (Å²) in [4.78, 5) is 29.4. The second-order valence-corrected chi connectivity index (χ2v) is 5.76.